The first-order chi connectivity index (χ1) is 25.9. The van der Waals surface area contributed by atoms with Crippen LogP contribution in [-0.4, -0.2) is 31.9 Å². The Morgan fingerprint density at radius 1 is 0.741 bits per heavy atom. The molecule has 0 unspecified atom stereocenters. The molecule has 5 N–H and O–H groups in total. The monoisotopic (exact) mass is 740 g/mol. The fourth-order valence-corrected chi connectivity index (χ4v) is 7.37. The van der Waals surface area contributed by atoms with Gasteiger partial charge in [-0.2, -0.15) is 0 Å². The number of nitrogen functional groups attached to an aromatic ring is 1. The number of methoxy groups -OCH3 is 2. The zero-order valence-electron chi connectivity index (χ0n) is 31.4. The molecule has 10 heteroatoms. The number of carbonyl (C=O) groups excluding carboxylic acids is 3. The first-order valence-electron chi connectivity index (χ1n) is 17.7. The molecule has 54 heavy (non-hydrogen) atoms. The summed E-state index contributed by atoms with van der Waals surface area (Å²) in [6.45, 7) is 10.1. The van der Waals surface area contributed by atoms with Crippen LogP contribution in [0.4, 0.5) is 22.7 Å². The highest BCUT2D eigenvalue weighted by molar-refractivity contribution is 7.13. The van der Waals surface area contributed by atoms with Gasteiger partial charge >= 0.3 is 0 Å². The average molecular weight is 741 g/mol. The van der Waals surface area contributed by atoms with Crippen molar-refractivity contribution in [2.45, 2.75) is 46.5 Å². The number of anilines is 4. The van der Waals surface area contributed by atoms with Crippen LogP contribution in [0.25, 0.3) is 33.7 Å². The summed E-state index contributed by atoms with van der Waals surface area (Å²) in [7, 11) is 3.37. The zero-order chi connectivity index (χ0) is 38.7. The van der Waals surface area contributed by atoms with E-state index in [1.807, 2.05) is 66.1 Å². The number of ether oxygens (including phenoxy) is 2. The summed E-state index contributed by atoms with van der Waals surface area (Å²) in [5.41, 5.74) is 16.7. The third-order valence-electron chi connectivity index (χ3n) is 9.20. The molecule has 0 bridgehead atoms. The molecule has 0 radical (unpaired) electrons. The highest BCUT2D eigenvalue weighted by Crippen LogP contribution is 2.40. The molecular weight excluding hydrogens is 697 g/mol. The fourth-order valence-electron chi connectivity index (χ4n) is 6.62. The summed E-state index contributed by atoms with van der Waals surface area (Å²) < 4.78 is 11.2. The maximum absolute atomic E-state index is 12.5. The van der Waals surface area contributed by atoms with Gasteiger partial charge < -0.3 is 31.2 Å². The molecule has 2 aliphatic rings. The molecule has 0 spiro atoms. The lowest BCUT2D eigenvalue weighted by Gasteiger charge is -2.19. The van der Waals surface area contributed by atoms with Crippen molar-refractivity contribution in [1.82, 2.24) is 0 Å². The van der Waals surface area contributed by atoms with Gasteiger partial charge in [-0.25, -0.2) is 0 Å². The van der Waals surface area contributed by atoms with Crippen LogP contribution in [0.2, 0.25) is 0 Å². The number of nitrogens with one attached hydrogen (secondary N) is 3. The van der Waals surface area contributed by atoms with E-state index in [9.17, 15) is 14.4 Å². The van der Waals surface area contributed by atoms with E-state index in [0.717, 1.165) is 61.0 Å². The zero-order valence-corrected chi connectivity index (χ0v) is 32.2. The van der Waals surface area contributed by atoms with Crippen LogP contribution < -0.4 is 31.2 Å². The van der Waals surface area contributed by atoms with Gasteiger partial charge in [0.1, 0.15) is 11.5 Å². The standard InChI is InChI=1S/C22H18N2O3S.C22H26N2O2/c1-13(25)23-15-6-7-16-17(22(26)24-19(16)12-15)10-14-5-8-20(27-2)18(11-14)21-4-3-9-28-21;1-12(2)17-8-14(9-18(13(3)4)21(17)26-5)10-19-16-7-6-15(23)11-20(16)24-22(19)25/h3-12H,1-2H3,(H,23,25)(H,24,26);6-13H,23H2,1-5H3,(H,24,25). The van der Waals surface area contributed by atoms with Gasteiger partial charge in [0.2, 0.25) is 5.91 Å². The van der Waals surface area contributed by atoms with Gasteiger partial charge in [0.05, 0.1) is 25.6 Å². The van der Waals surface area contributed by atoms with E-state index in [0.29, 0.717) is 40.0 Å². The molecule has 4 aromatic carbocycles. The number of thiophene rings is 1. The molecule has 0 saturated heterocycles. The Morgan fingerprint density at radius 3 is 1.91 bits per heavy atom. The summed E-state index contributed by atoms with van der Waals surface area (Å²) in [5, 5.41) is 10.5. The van der Waals surface area contributed by atoms with E-state index in [-0.39, 0.29) is 17.7 Å². The van der Waals surface area contributed by atoms with Crippen LogP contribution in [0, 0.1) is 0 Å². The van der Waals surface area contributed by atoms with Gasteiger partial charge in [0.15, 0.2) is 0 Å². The van der Waals surface area contributed by atoms with E-state index >= 15 is 0 Å². The van der Waals surface area contributed by atoms with Crippen molar-refractivity contribution in [2.75, 3.05) is 35.9 Å². The van der Waals surface area contributed by atoms with Crippen molar-refractivity contribution in [3.63, 3.8) is 0 Å². The van der Waals surface area contributed by atoms with Gasteiger partial charge in [0.25, 0.3) is 11.8 Å². The van der Waals surface area contributed by atoms with Gasteiger partial charge in [0, 0.05) is 51.0 Å². The number of fused-ring (bicyclic) bond motifs is 2. The molecule has 5 aromatic rings. The Labute approximate surface area is 319 Å². The molecule has 0 atom stereocenters. The van der Waals surface area contributed by atoms with Crippen molar-refractivity contribution < 1.29 is 23.9 Å². The van der Waals surface area contributed by atoms with E-state index in [1.54, 1.807) is 43.8 Å². The van der Waals surface area contributed by atoms with E-state index < -0.39 is 0 Å². The first-order valence-corrected chi connectivity index (χ1v) is 18.6. The second-order valence-electron chi connectivity index (χ2n) is 13.7. The third-order valence-corrected chi connectivity index (χ3v) is 10.1. The molecule has 276 valence electrons. The number of nitrogens with two attached hydrogens (primary N) is 1. The minimum absolute atomic E-state index is 0.0985. The Morgan fingerprint density at radius 2 is 1.35 bits per heavy atom. The molecule has 7 rings (SSSR count). The van der Waals surface area contributed by atoms with E-state index in [4.69, 9.17) is 15.2 Å². The lowest BCUT2D eigenvalue weighted by Crippen LogP contribution is -2.06. The predicted molar refractivity (Wildman–Crippen MR) is 222 cm³/mol. The molecule has 0 fully saturated rings. The summed E-state index contributed by atoms with van der Waals surface area (Å²) in [5.74, 6) is 1.97. The lowest BCUT2D eigenvalue weighted by atomic mass is 9.90. The quantitative estimate of drug-likeness (QED) is 0.0925. The second-order valence-corrected chi connectivity index (χ2v) is 14.7. The number of hydrogen-bond donors (Lipinski definition) is 4. The maximum Gasteiger partial charge on any atom is 0.256 e. The Bertz CT molecular complexity index is 2290. The fraction of sp³-hybridized carbons (Fsp3) is 0.205. The Hall–Kier alpha value is -6.13. The lowest BCUT2D eigenvalue weighted by molar-refractivity contribution is -0.114. The normalized spacial score (nSPS) is 14.4. The van der Waals surface area contributed by atoms with Crippen LogP contribution >= 0.6 is 11.3 Å². The second kappa shape index (κ2) is 15.9. The third kappa shape index (κ3) is 7.94. The number of amides is 3. The minimum atomic E-state index is -0.163. The van der Waals surface area contributed by atoms with Crippen molar-refractivity contribution in [3.8, 4) is 21.9 Å². The topological polar surface area (TPSA) is 132 Å². The molecule has 1 aromatic heterocycles. The van der Waals surface area contributed by atoms with Gasteiger partial charge in [-0.3, -0.25) is 14.4 Å². The summed E-state index contributed by atoms with van der Waals surface area (Å²) in [4.78, 5) is 37.3. The Kier molecular flexibility index (Phi) is 11.0. The summed E-state index contributed by atoms with van der Waals surface area (Å²) in [6, 6.07) is 25.0. The minimum Gasteiger partial charge on any atom is -0.496 e. The smallest absolute Gasteiger partial charge is 0.256 e. The number of benzene rings is 4. The first kappa shape index (κ1) is 37.6. The van der Waals surface area contributed by atoms with E-state index in [1.165, 1.54) is 6.92 Å². The van der Waals surface area contributed by atoms with Gasteiger partial charge in [-0.15, -0.1) is 11.3 Å². The van der Waals surface area contributed by atoms with Crippen molar-refractivity contribution >= 4 is 75.1 Å². The SMILES string of the molecule is COc1c(C(C)C)cc(C=C2C(=O)Nc3cc(N)ccc32)cc1C(C)C.COc1ccc(C=C2C(=O)Nc3cc(NC(C)=O)ccc32)cc1-c1cccs1. The van der Waals surface area contributed by atoms with Crippen molar-refractivity contribution in [1.29, 1.82) is 0 Å². The molecule has 0 saturated carbocycles. The highest BCUT2D eigenvalue weighted by Gasteiger charge is 2.26. The van der Waals surface area contributed by atoms with Crippen molar-refractivity contribution in [3.05, 3.63) is 118 Å². The van der Waals surface area contributed by atoms with Crippen LogP contribution in [0.15, 0.2) is 84.2 Å². The van der Waals surface area contributed by atoms with Crippen LogP contribution in [0.3, 0.4) is 0 Å². The van der Waals surface area contributed by atoms with Gasteiger partial charge in [-0.05, 0) is 106 Å². The van der Waals surface area contributed by atoms with Crippen molar-refractivity contribution in [2.24, 2.45) is 0 Å². The predicted octanol–water partition coefficient (Wildman–Crippen LogP) is 9.89. The summed E-state index contributed by atoms with van der Waals surface area (Å²) in [6.07, 6.45) is 3.82. The van der Waals surface area contributed by atoms with Crippen LogP contribution in [0.5, 0.6) is 11.5 Å². The number of carbonyl (C=O) groups is 3. The average Bonchev–Trinajstić information content (AvgIpc) is 3.85. The largest absolute Gasteiger partial charge is 0.496 e. The van der Waals surface area contributed by atoms with Crippen LogP contribution in [0.1, 0.15) is 79.8 Å². The maximum atomic E-state index is 12.5. The molecule has 3 heterocycles. The highest BCUT2D eigenvalue weighted by atomic mass is 32.1. The van der Waals surface area contributed by atoms with Crippen LogP contribution in [-0.2, 0) is 14.4 Å². The Balaban J connectivity index is 0.000000185. The molecule has 2 aliphatic heterocycles. The number of rotatable bonds is 8. The molecule has 3 amide bonds. The van der Waals surface area contributed by atoms with E-state index in [2.05, 4.69) is 55.8 Å². The number of hydrogen-bond acceptors (Lipinski definition) is 7. The summed E-state index contributed by atoms with van der Waals surface area (Å²) >= 11 is 1.64. The molecular formula is C44H44N4O5S. The molecule has 9 nitrogen and oxygen atoms in total. The molecule has 0 aliphatic carbocycles. The van der Waals surface area contributed by atoms with Gasteiger partial charge in [-0.1, -0.05) is 52.0 Å².